The van der Waals surface area contributed by atoms with Crippen LogP contribution in [0.1, 0.15) is 12.5 Å². The third kappa shape index (κ3) is 7.92. The number of carbonyl (C=O) groups excluding carboxylic acids is 2. The van der Waals surface area contributed by atoms with E-state index in [2.05, 4.69) is 10.2 Å². The molecule has 1 aromatic rings. The Morgan fingerprint density at radius 2 is 1.81 bits per heavy atom. The monoisotopic (exact) mass is 419 g/mol. The summed E-state index contributed by atoms with van der Waals surface area (Å²) in [6.45, 7) is 2.73. The Hall–Kier alpha value is -1.54. The molecule has 1 amide bonds. The summed E-state index contributed by atoms with van der Waals surface area (Å²) in [7, 11) is 0. The number of ether oxygens (including phenoxy) is 1. The van der Waals surface area contributed by atoms with Crippen LogP contribution in [0.5, 0.6) is 0 Å². The number of rotatable bonds is 12. The molecule has 0 saturated heterocycles. The van der Waals surface area contributed by atoms with E-state index < -0.39 is 30.6 Å². The molecule has 0 unspecified atom stereocenters. The molecule has 4 N–H and O–H groups in total. The normalized spacial score (nSPS) is 12.9. The van der Waals surface area contributed by atoms with Crippen LogP contribution in [-0.2, 0) is 20.7 Å². The van der Waals surface area contributed by atoms with Gasteiger partial charge in [0.05, 0.1) is 13.2 Å². The molecule has 0 spiro atoms. The van der Waals surface area contributed by atoms with Crippen LogP contribution in [0.3, 0.4) is 0 Å². The second-order valence-corrected chi connectivity index (χ2v) is 6.59. The van der Waals surface area contributed by atoms with Crippen molar-refractivity contribution in [1.29, 1.82) is 0 Å². The number of hydrogen-bond donors (Lipinski definition) is 3. The maximum absolute atomic E-state index is 12.2. The van der Waals surface area contributed by atoms with Gasteiger partial charge in [0.15, 0.2) is 0 Å². The number of anilines is 1. The largest absolute Gasteiger partial charge is 0.464 e. The summed E-state index contributed by atoms with van der Waals surface area (Å²) in [5.74, 6) is -0.185. The summed E-state index contributed by atoms with van der Waals surface area (Å²) in [6, 6.07) is 5.59. The number of nitrogens with zero attached hydrogens (tertiary/aromatic N) is 1. The molecule has 1 rings (SSSR count). The SMILES string of the molecule is CCOC(=O)[C@H](Cc1ccc(N(CCCl)CCCl)cc1)NC(=O)[C@H](N)CO. The Labute approximate surface area is 169 Å². The van der Waals surface area contributed by atoms with Gasteiger partial charge in [0.2, 0.25) is 5.91 Å². The predicted molar refractivity (Wildman–Crippen MR) is 107 cm³/mol. The molecule has 152 valence electrons. The molecule has 0 aliphatic heterocycles. The maximum atomic E-state index is 12.2. The van der Waals surface area contributed by atoms with Gasteiger partial charge >= 0.3 is 5.97 Å². The zero-order valence-electron chi connectivity index (χ0n) is 15.4. The predicted octanol–water partition coefficient (Wildman–Crippen LogP) is 0.881. The summed E-state index contributed by atoms with van der Waals surface area (Å²) in [6.07, 6.45) is 0.244. The third-order valence-corrected chi connectivity index (χ3v) is 4.21. The Bertz CT molecular complexity index is 580. The van der Waals surface area contributed by atoms with Crippen molar-refractivity contribution in [2.45, 2.75) is 25.4 Å². The van der Waals surface area contributed by atoms with Gasteiger partial charge in [0, 0.05) is 37.0 Å². The first-order valence-corrected chi connectivity index (χ1v) is 9.82. The molecular formula is C18H27Cl2N3O4. The van der Waals surface area contributed by atoms with E-state index in [-0.39, 0.29) is 13.0 Å². The van der Waals surface area contributed by atoms with E-state index in [1.54, 1.807) is 6.92 Å². The van der Waals surface area contributed by atoms with E-state index in [0.717, 1.165) is 11.3 Å². The highest BCUT2D eigenvalue weighted by Gasteiger charge is 2.25. The van der Waals surface area contributed by atoms with Crippen LogP contribution in [0.4, 0.5) is 5.69 Å². The van der Waals surface area contributed by atoms with Crippen molar-refractivity contribution in [2.24, 2.45) is 5.73 Å². The van der Waals surface area contributed by atoms with Crippen LogP contribution >= 0.6 is 23.2 Å². The molecule has 0 saturated carbocycles. The molecule has 1 aromatic carbocycles. The standard InChI is InChI=1S/C18H27Cl2N3O4/c1-2-27-18(26)16(22-17(25)15(21)12-24)11-13-3-5-14(6-4-13)23(9-7-19)10-8-20/h3-6,15-16,24H,2,7-12,21H2,1H3,(H,22,25)/t15-,16+/m1/s1. The van der Waals surface area contributed by atoms with E-state index >= 15 is 0 Å². The number of aliphatic hydroxyl groups excluding tert-OH is 1. The van der Waals surface area contributed by atoms with E-state index in [4.69, 9.17) is 38.8 Å². The second-order valence-electron chi connectivity index (χ2n) is 5.84. The molecule has 0 bridgehead atoms. The second kappa shape index (κ2) is 12.8. The molecule has 0 radical (unpaired) electrons. The van der Waals surface area contributed by atoms with Crippen LogP contribution < -0.4 is 16.0 Å². The lowest BCUT2D eigenvalue weighted by molar-refractivity contribution is -0.147. The minimum atomic E-state index is -1.09. The number of benzene rings is 1. The first kappa shape index (κ1) is 23.5. The van der Waals surface area contributed by atoms with E-state index in [1.165, 1.54) is 0 Å². The fraction of sp³-hybridized carbons (Fsp3) is 0.556. The van der Waals surface area contributed by atoms with Gasteiger partial charge in [-0.3, -0.25) is 4.79 Å². The lowest BCUT2D eigenvalue weighted by Gasteiger charge is -2.23. The van der Waals surface area contributed by atoms with Crippen molar-refractivity contribution in [1.82, 2.24) is 5.32 Å². The van der Waals surface area contributed by atoms with Gasteiger partial charge < -0.3 is 25.8 Å². The van der Waals surface area contributed by atoms with E-state index in [9.17, 15) is 9.59 Å². The van der Waals surface area contributed by atoms with Crippen molar-refractivity contribution >= 4 is 40.8 Å². The molecule has 7 nitrogen and oxygen atoms in total. The zero-order valence-corrected chi connectivity index (χ0v) is 16.9. The van der Waals surface area contributed by atoms with Crippen molar-refractivity contribution in [3.8, 4) is 0 Å². The number of halogens is 2. The number of nitrogens with two attached hydrogens (primary N) is 1. The van der Waals surface area contributed by atoms with Crippen LogP contribution in [0.25, 0.3) is 0 Å². The van der Waals surface area contributed by atoms with Gasteiger partial charge in [-0.15, -0.1) is 23.2 Å². The highest BCUT2D eigenvalue weighted by molar-refractivity contribution is 6.18. The summed E-state index contributed by atoms with van der Waals surface area (Å²) in [5, 5.41) is 11.5. The highest BCUT2D eigenvalue weighted by Crippen LogP contribution is 2.17. The minimum absolute atomic E-state index is 0.196. The van der Waals surface area contributed by atoms with Crippen molar-refractivity contribution in [3.63, 3.8) is 0 Å². The molecule has 0 aliphatic rings. The lowest BCUT2D eigenvalue weighted by atomic mass is 10.0. The minimum Gasteiger partial charge on any atom is -0.464 e. The topological polar surface area (TPSA) is 105 Å². The summed E-state index contributed by atoms with van der Waals surface area (Å²) in [5.41, 5.74) is 7.31. The molecular weight excluding hydrogens is 393 g/mol. The van der Waals surface area contributed by atoms with Gasteiger partial charge in [-0.2, -0.15) is 0 Å². The number of amides is 1. The molecule has 0 aromatic heterocycles. The Morgan fingerprint density at radius 3 is 2.30 bits per heavy atom. The smallest absolute Gasteiger partial charge is 0.328 e. The quantitative estimate of drug-likeness (QED) is 0.343. The van der Waals surface area contributed by atoms with Crippen LogP contribution in [0, 0.1) is 0 Å². The fourth-order valence-corrected chi connectivity index (χ4v) is 2.86. The molecule has 27 heavy (non-hydrogen) atoms. The molecule has 0 aliphatic carbocycles. The number of hydrogen-bond acceptors (Lipinski definition) is 6. The van der Waals surface area contributed by atoms with Crippen LogP contribution in [-0.4, -0.2) is 67.1 Å². The molecule has 0 fully saturated rings. The first-order valence-electron chi connectivity index (χ1n) is 8.76. The van der Waals surface area contributed by atoms with E-state index in [0.29, 0.717) is 24.8 Å². The van der Waals surface area contributed by atoms with Crippen molar-refractivity contribution < 1.29 is 19.4 Å². The van der Waals surface area contributed by atoms with Crippen LogP contribution in [0.15, 0.2) is 24.3 Å². The average molecular weight is 420 g/mol. The lowest BCUT2D eigenvalue weighted by Crippen LogP contribution is -2.51. The molecule has 2 atom stereocenters. The van der Waals surface area contributed by atoms with Gasteiger partial charge in [0.25, 0.3) is 0 Å². The van der Waals surface area contributed by atoms with Crippen LogP contribution in [0.2, 0.25) is 0 Å². The zero-order chi connectivity index (χ0) is 20.2. The summed E-state index contributed by atoms with van der Waals surface area (Å²) >= 11 is 11.7. The van der Waals surface area contributed by atoms with Gasteiger partial charge in [0.1, 0.15) is 12.1 Å². The van der Waals surface area contributed by atoms with Gasteiger partial charge in [-0.1, -0.05) is 12.1 Å². The van der Waals surface area contributed by atoms with Crippen molar-refractivity contribution in [2.75, 3.05) is 43.0 Å². The first-order chi connectivity index (χ1) is 13.0. The third-order valence-electron chi connectivity index (χ3n) is 3.87. The fourth-order valence-electron chi connectivity index (χ4n) is 2.45. The Kier molecular flexibility index (Phi) is 11.1. The molecule has 0 heterocycles. The highest BCUT2D eigenvalue weighted by atomic mass is 35.5. The number of carbonyl (C=O) groups is 2. The number of esters is 1. The molecule has 9 heteroatoms. The number of nitrogens with one attached hydrogen (secondary N) is 1. The van der Waals surface area contributed by atoms with E-state index in [1.807, 2.05) is 24.3 Å². The van der Waals surface area contributed by atoms with Crippen molar-refractivity contribution in [3.05, 3.63) is 29.8 Å². The van der Waals surface area contributed by atoms with Gasteiger partial charge in [-0.25, -0.2) is 4.79 Å². The average Bonchev–Trinajstić information content (AvgIpc) is 2.67. The number of aliphatic hydroxyl groups is 1. The summed E-state index contributed by atoms with van der Waals surface area (Å²) in [4.78, 5) is 26.2. The summed E-state index contributed by atoms with van der Waals surface area (Å²) < 4.78 is 5.02. The Morgan fingerprint density at radius 1 is 1.22 bits per heavy atom. The van der Waals surface area contributed by atoms with Gasteiger partial charge in [-0.05, 0) is 24.6 Å². The number of alkyl halides is 2. The Balaban J connectivity index is 2.87. The maximum Gasteiger partial charge on any atom is 0.328 e.